The Morgan fingerprint density at radius 2 is 0.806 bits per heavy atom. The molecule has 0 amide bonds. The highest BCUT2D eigenvalue weighted by Crippen LogP contribution is 2.22. The van der Waals surface area contributed by atoms with E-state index in [1.54, 1.807) is 0 Å². The van der Waals surface area contributed by atoms with Crippen LogP contribution in [0.5, 0.6) is 0 Å². The molecular weight excluding hydrogens is 376 g/mol. The summed E-state index contributed by atoms with van der Waals surface area (Å²) in [6.07, 6.45) is 35.2. The van der Waals surface area contributed by atoms with Gasteiger partial charge >= 0.3 is 0 Å². The van der Waals surface area contributed by atoms with Crippen molar-refractivity contribution in [3.63, 3.8) is 0 Å². The molecule has 0 fully saturated rings. The number of unbranched alkanes of at least 4 members (excludes halogenated alkanes) is 17. The average Bonchev–Trinajstić information content (AvgIpc) is 3.15. The summed E-state index contributed by atoms with van der Waals surface area (Å²) in [6.45, 7) is 9.38. The minimum atomic E-state index is 0.642. The van der Waals surface area contributed by atoms with Crippen LogP contribution < -0.4 is 0 Å². The lowest BCUT2D eigenvalue weighted by molar-refractivity contribution is 0.137. The molecule has 0 radical (unpaired) electrons. The Morgan fingerprint density at radius 1 is 0.419 bits per heavy atom. The Hall–Kier alpha value is -0.660. The summed E-state index contributed by atoms with van der Waals surface area (Å²) in [5, 5.41) is 0. The predicted molar refractivity (Wildman–Crippen MR) is 140 cm³/mol. The normalized spacial score (nSPS) is 16.0. The van der Waals surface area contributed by atoms with Gasteiger partial charge in [0.05, 0.1) is 0 Å². The van der Waals surface area contributed by atoms with Crippen molar-refractivity contribution in [2.45, 2.75) is 162 Å². The van der Waals surface area contributed by atoms with Crippen LogP contribution in [-0.2, 0) is 0 Å². The van der Waals surface area contributed by atoms with Crippen molar-refractivity contribution in [1.29, 1.82) is 0 Å². The molecule has 0 aromatic rings. The van der Waals surface area contributed by atoms with Crippen LogP contribution in [0.2, 0.25) is 0 Å². The first-order valence-corrected chi connectivity index (χ1v) is 14.5. The van der Waals surface area contributed by atoms with Crippen molar-refractivity contribution in [3.8, 4) is 0 Å². The van der Waals surface area contributed by atoms with E-state index in [0.29, 0.717) is 6.17 Å². The fourth-order valence-corrected chi connectivity index (χ4v) is 5.02. The van der Waals surface area contributed by atoms with Gasteiger partial charge in [0.1, 0.15) is 6.17 Å². The van der Waals surface area contributed by atoms with Crippen molar-refractivity contribution in [2.24, 2.45) is 0 Å². The molecule has 0 spiro atoms. The summed E-state index contributed by atoms with van der Waals surface area (Å²) in [6, 6.07) is 0. The first kappa shape index (κ1) is 28.4. The van der Waals surface area contributed by atoms with Gasteiger partial charge in [0.15, 0.2) is 0 Å². The topological polar surface area (TPSA) is 6.48 Å². The van der Waals surface area contributed by atoms with E-state index in [4.69, 9.17) is 0 Å². The average molecular weight is 435 g/mol. The van der Waals surface area contributed by atoms with E-state index in [0.717, 1.165) is 0 Å². The maximum Gasteiger partial charge on any atom is 0.101 e. The van der Waals surface area contributed by atoms with Gasteiger partial charge in [0, 0.05) is 25.5 Å². The molecule has 0 saturated carbocycles. The molecule has 2 heteroatoms. The quantitative estimate of drug-likeness (QED) is 0.148. The molecule has 1 rings (SSSR count). The van der Waals surface area contributed by atoms with Gasteiger partial charge in [-0.1, -0.05) is 130 Å². The maximum atomic E-state index is 2.63. The summed E-state index contributed by atoms with van der Waals surface area (Å²) in [5.41, 5.74) is 0. The molecular formula is C29H58N2. The zero-order valence-electron chi connectivity index (χ0n) is 21.9. The zero-order chi connectivity index (χ0) is 22.4. The molecule has 0 aromatic heterocycles. The highest BCUT2D eigenvalue weighted by molar-refractivity contribution is 4.96. The van der Waals surface area contributed by atoms with E-state index in [1.165, 1.54) is 148 Å². The third kappa shape index (κ3) is 14.9. The summed E-state index contributed by atoms with van der Waals surface area (Å²) >= 11 is 0. The lowest BCUT2D eigenvalue weighted by atomic mass is 10.0. The third-order valence-electron chi connectivity index (χ3n) is 7.03. The lowest BCUT2D eigenvalue weighted by Crippen LogP contribution is -2.39. The van der Waals surface area contributed by atoms with E-state index < -0.39 is 0 Å². The van der Waals surface area contributed by atoms with Crippen molar-refractivity contribution in [1.82, 2.24) is 9.80 Å². The molecule has 1 unspecified atom stereocenters. The highest BCUT2D eigenvalue weighted by Gasteiger charge is 2.24. The Kier molecular flexibility index (Phi) is 19.4. The van der Waals surface area contributed by atoms with Crippen molar-refractivity contribution < 1.29 is 0 Å². The van der Waals surface area contributed by atoms with E-state index in [2.05, 4.69) is 43.0 Å². The summed E-state index contributed by atoms with van der Waals surface area (Å²) in [7, 11) is 0. The Bertz CT molecular complexity index is 392. The fourth-order valence-electron chi connectivity index (χ4n) is 5.02. The van der Waals surface area contributed by atoms with Crippen molar-refractivity contribution >= 4 is 0 Å². The zero-order valence-corrected chi connectivity index (χ0v) is 21.9. The largest absolute Gasteiger partial charge is 0.356 e. The van der Waals surface area contributed by atoms with Crippen LogP contribution in [-0.4, -0.2) is 29.1 Å². The second-order valence-corrected chi connectivity index (χ2v) is 10.1. The molecule has 31 heavy (non-hydrogen) atoms. The molecule has 0 aromatic carbocycles. The van der Waals surface area contributed by atoms with Crippen molar-refractivity contribution in [3.05, 3.63) is 12.4 Å². The van der Waals surface area contributed by atoms with Gasteiger partial charge in [-0.3, -0.25) is 0 Å². The van der Waals surface area contributed by atoms with Crippen LogP contribution in [0.25, 0.3) is 0 Å². The number of rotatable bonds is 23. The smallest absolute Gasteiger partial charge is 0.101 e. The van der Waals surface area contributed by atoms with Gasteiger partial charge in [0.25, 0.3) is 0 Å². The molecule has 1 aliphatic rings. The third-order valence-corrected chi connectivity index (χ3v) is 7.03. The predicted octanol–water partition coefficient (Wildman–Crippen LogP) is 9.65. The SMILES string of the molecule is CCCCCCCCCCCCCCCCCCN1C=CN(CCC)C1CCCCC. The molecule has 1 atom stereocenters. The van der Waals surface area contributed by atoms with Gasteiger partial charge in [-0.15, -0.1) is 0 Å². The second kappa shape index (κ2) is 21.2. The Balaban J connectivity index is 1.92. The first-order chi connectivity index (χ1) is 15.3. The second-order valence-electron chi connectivity index (χ2n) is 10.1. The first-order valence-electron chi connectivity index (χ1n) is 14.5. The molecule has 1 heterocycles. The molecule has 0 saturated heterocycles. The molecule has 1 aliphatic heterocycles. The van der Waals surface area contributed by atoms with Gasteiger partial charge in [-0.25, -0.2) is 0 Å². The minimum absolute atomic E-state index is 0.642. The fraction of sp³-hybridized carbons (Fsp3) is 0.931. The molecule has 184 valence electrons. The van der Waals surface area contributed by atoms with Crippen LogP contribution in [0, 0.1) is 0 Å². The van der Waals surface area contributed by atoms with E-state index in [9.17, 15) is 0 Å². The Labute approximate surface area is 197 Å². The van der Waals surface area contributed by atoms with Crippen LogP contribution in [0.15, 0.2) is 12.4 Å². The number of hydrogen-bond donors (Lipinski definition) is 0. The van der Waals surface area contributed by atoms with Gasteiger partial charge in [-0.2, -0.15) is 0 Å². The Morgan fingerprint density at radius 3 is 1.26 bits per heavy atom. The van der Waals surface area contributed by atoms with E-state index in [-0.39, 0.29) is 0 Å². The maximum absolute atomic E-state index is 2.63. The number of hydrogen-bond acceptors (Lipinski definition) is 2. The monoisotopic (exact) mass is 434 g/mol. The van der Waals surface area contributed by atoms with Crippen LogP contribution in [0.4, 0.5) is 0 Å². The minimum Gasteiger partial charge on any atom is -0.356 e. The van der Waals surface area contributed by atoms with Crippen LogP contribution >= 0.6 is 0 Å². The molecule has 0 bridgehead atoms. The van der Waals surface area contributed by atoms with Gasteiger partial charge in [0.2, 0.25) is 0 Å². The molecule has 0 N–H and O–H groups in total. The van der Waals surface area contributed by atoms with Crippen LogP contribution in [0.3, 0.4) is 0 Å². The molecule has 2 nitrogen and oxygen atoms in total. The summed E-state index contributed by atoms with van der Waals surface area (Å²) in [4.78, 5) is 5.22. The van der Waals surface area contributed by atoms with Gasteiger partial charge in [-0.05, 0) is 25.7 Å². The highest BCUT2D eigenvalue weighted by atomic mass is 15.4. The van der Waals surface area contributed by atoms with Crippen molar-refractivity contribution in [2.75, 3.05) is 13.1 Å². The number of nitrogens with zero attached hydrogens (tertiary/aromatic N) is 2. The van der Waals surface area contributed by atoms with Gasteiger partial charge < -0.3 is 9.80 Å². The van der Waals surface area contributed by atoms with E-state index >= 15 is 0 Å². The summed E-state index contributed by atoms with van der Waals surface area (Å²) < 4.78 is 0. The standard InChI is InChI=1S/C29H58N2/c1-4-7-9-10-11-12-13-14-15-16-17-18-19-20-21-23-26-31-28-27-30(25-6-3)29(31)24-22-8-5-2/h27-29H,4-26H2,1-3H3. The molecule has 0 aliphatic carbocycles. The lowest BCUT2D eigenvalue weighted by Gasteiger charge is -2.33. The van der Waals surface area contributed by atoms with E-state index in [1.807, 2.05) is 0 Å². The summed E-state index contributed by atoms with van der Waals surface area (Å²) in [5.74, 6) is 0. The van der Waals surface area contributed by atoms with Crippen LogP contribution in [0.1, 0.15) is 156 Å².